The Labute approximate surface area is 150 Å². The van der Waals surface area contributed by atoms with Crippen LogP contribution in [0.4, 0.5) is 5.13 Å². The van der Waals surface area contributed by atoms with Crippen LogP contribution in [0.25, 0.3) is 0 Å². The first-order valence-corrected chi connectivity index (χ1v) is 8.81. The van der Waals surface area contributed by atoms with Gasteiger partial charge in [-0.25, -0.2) is 0 Å². The molecule has 0 aliphatic heterocycles. The van der Waals surface area contributed by atoms with Gasteiger partial charge in [0.25, 0.3) is 5.91 Å². The van der Waals surface area contributed by atoms with Crippen LogP contribution in [0.3, 0.4) is 0 Å². The smallest absolute Gasteiger partial charge is 0.251 e. The first-order valence-electron chi connectivity index (χ1n) is 6.77. The lowest BCUT2D eigenvalue weighted by Crippen LogP contribution is -2.25. The molecule has 0 saturated carbocycles. The molecule has 1 atom stereocenters. The largest absolute Gasteiger partial charge is 0.352 e. The molecule has 0 saturated heterocycles. The molecule has 2 amide bonds. The standard InChI is InChI=1S/C14H14BrClN4O2S/c1-8(16)12(21)18-14-20-19-11(23-14)5-6-17-13(22)9-3-2-4-10(15)7-9/h2-4,7-8H,5-6H2,1H3,(H,17,22)(H,18,20,21)/t8-/m1/s1. The summed E-state index contributed by atoms with van der Waals surface area (Å²) in [5, 5.41) is 13.7. The van der Waals surface area contributed by atoms with E-state index >= 15 is 0 Å². The number of alkyl halides is 1. The average molecular weight is 418 g/mol. The molecule has 1 aromatic carbocycles. The Morgan fingerprint density at radius 3 is 2.87 bits per heavy atom. The summed E-state index contributed by atoms with van der Waals surface area (Å²) in [6.45, 7) is 2.01. The monoisotopic (exact) mass is 416 g/mol. The maximum Gasteiger partial charge on any atom is 0.251 e. The third-order valence-corrected chi connectivity index (χ3v) is 4.36. The van der Waals surface area contributed by atoms with Gasteiger partial charge in [-0.15, -0.1) is 21.8 Å². The van der Waals surface area contributed by atoms with Gasteiger partial charge in [-0.2, -0.15) is 0 Å². The molecule has 0 aliphatic carbocycles. The summed E-state index contributed by atoms with van der Waals surface area (Å²) in [6, 6.07) is 7.15. The van der Waals surface area contributed by atoms with E-state index in [4.69, 9.17) is 11.6 Å². The van der Waals surface area contributed by atoms with E-state index in [1.165, 1.54) is 11.3 Å². The second-order valence-electron chi connectivity index (χ2n) is 4.62. The predicted molar refractivity (Wildman–Crippen MR) is 94.0 cm³/mol. The van der Waals surface area contributed by atoms with Crippen molar-refractivity contribution in [3.63, 3.8) is 0 Å². The van der Waals surface area contributed by atoms with Crippen LogP contribution in [0.2, 0.25) is 0 Å². The second-order valence-corrected chi connectivity index (χ2v) is 7.25. The molecule has 0 radical (unpaired) electrons. The Balaban J connectivity index is 1.81. The Bertz CT molecular complexity index is 708. The maximum absolute atomic E-state index is 12.0. The number of carbonyl (C=O) groups excluding carboxylic acids is 2. The van der Waals surface area contributed by atoms with E-state index in [9.17, 15) is 9.59 Å². The molecule has 0 unspecified atom stereocenters. The summed E-state index contributed by atoms with van der Waals surface area (Å²) in [5.74, 6) is -0.474. The predicted octanol–water partition coefficient (Wildman–Crippen LogP) is 2.84. The minimum absolute atomic E-state index is 0.152. The van der Waals surface area contributed by atoms with Crippen molar-refractivity contribution in [3.8, 4) is 0 Å². The molecule has 0 spiro atoms. The fourth-order valence-corrected chi connectivity index (χ4v) is 2.82. The number of halogens is 2. The summed E-state index contributed by atoms with van der Waals surface area (Å²) >= 11 is 10.3. The van der Waals surface area contributed by atoms with Crippen molar-refractivity contribution in [3.05, 3.63) is 39.3 Å². The van der Waals surface area contributed by atoms with Gasteiger partial charge in [-0.05, 0) is 25.1 Å². The number of hydrogen-bond donors (Lipinski definition) is 2. The van der Waals surface area contributed by atoms with E-state index in [1.807, 2.05) is 6.07 Å². The van der Waals surface area contributed by atoms with Gasteiger partial charge in [-0.3, -0.25) is 14.9 Å². The molecule has 2 aromatic rings. The normalized spacial score (nSPS) is 11.8. The number of aromatic nitrogens is 2. The fraction of sp³-hybridized carbons (Fsp3) is 0.286. The van der Waals surface area contributed by atoms with Gasteiger partial charge < -0.3 is 5.32 Å². The van der Waals surface area contributed by atoms with Gasteiger partial charge in [0.1, 0.15) is 10.4 Å². The summed E-state index contributed by atoms with van der Waals surface area (Å²) in [4.78, 5) is 23.4. The number of benzene rings is 1. The van der Waals surface area contributed by atoms with Crippen molar-refractivity contribution in [2.75, 3.05) is 11.9 Å². The number of carbonyl (C=O) groups is 2. The van der Waals surface area contributed by atoms with Gasteiger partial charge >= 0.3 is 0 Å². The van der Waals surface area contributed by atoms with Crippen molar-refractivity contribution in [2.45, 2.75) is 18.7 Å². The lowest BCUT2D eigenvalue weighted by Gasteiger charge is -2.04. The van der Waals surface area contributed by atoms with Crippen LogP contribution >= 0.6 is 38.9 Å². The van der Waals surface area contributed by atoms with Crippen LogP contribution in [-0.4, -0.2) is 33.9 Å². The van der Waals surface area contributed by atoms with Gasteiger partial charge in [0, 0.05) is 23.0 Å². The second kappa shape index (κ2) is 8.37. The van der Waals surface area contributed by atoms with E-state index in [-0.39, 0.29) is 11.8 Å². The molecule has 0 bridgehead atoms. The maximum atomic E-state index is 12.0. The molecule has 0 fully saturated rings. The highest BCUT2D eigenvalue weighted by atomic mass is 79.9. The van der Waals surface area contributed by atoms with Crippen molar-refractivity contribution in [1.29, 1.82) is 0 Å². The van der Waals surface area contributed by atoms with Crippen molar-refractivity contribution in [1.82, 2.24) is 15.5 Å². The first-order chi connectivity index (χ1) is 11.0. The van der Waals surface area contributed by atoms with Crippen LogP contribution in [0.1, 0.15) is 22.3 Å². The van der Waals surface area contributed by atoms with Crippen molar-refractivity contribution >= 4 is 55.8 Å². The van der Waals surface area contributed by atoms with E-state index in [0.717, 1.165) is 9.48 Å². The van der Waals surface area contributed by atoms with Gasteiger partial charge in [-0.1, -0.05) is 33.3 Å². The van der Waals surface area contributed by atoms with E-state index < -0.39 is 5.38 Å². The SMILES string of the molecule is C[C@@H](Cl)C(=O)Nc1nnc(CCNC(=O)c2cccc(Br)c2)s1. The quantitative estimate of drug-likeness (QED) is 0.708. The highest BCUT2D eigenvalue weighted by Gasteiger charge is 2.12. The average Bonchev–Trinajstić information content (AvgIpc) is 2.94. The van der Waals surface area contributed by atoms with Crippen LogP contribution in [0.5, 0.6) is 0 Å². The van der Waals surface area contributed by atoms with E-state index in [1.54, 1.807) is 25.1 Å². The summed E-state index contributed by atoms with van der Waals surface area (Å²) < 4.78 is 0.850. The number of nitrogens with one attached hydrogen (secondary N) is 2. The molecule has 2 rings (SSSR count). The molecule has 6 nitrogen and oxygen atoms in total. The summed E-state index contributed by atoms with van der Waals surface area (Å²) in [6.07, 6.45) is 0.531. The van der Waals surface area contributed by atoms with Crippen LogP contribution in [0.15, 0.2) is 28.7 Å². The zero-order valence-corrected chi connectivity index (χ0v) is 15.3. The number of hydrogen-bond acceptors (Lipinski definition) is 5. The molecular weight excluding hydrogens is 404 g/mol. The first kappa shape index (κ1) is 17.8. The molecular formula is C14H14BrClN4O2S. The fourth-order valence-electron chi connectivity index (χ4n) is 1.62. The Morgan fingerprint density at radius 1 is 1.39 bits per heavy atom. The Morgan fingerprint density at radius 2 is 2.17 bits per heavy atom. The molecule has 1 heterocycles. The number of amides is 2. The lowest BCUT2D eigenvalue weighted by molar-refractivity contribution is -0.115. The van der Waals surface area contributed by atoms with E-state index in [2.05, 4.69) is 36.8 Å². The van der Waals surface area contributed by atoms with Gasteiger partial charge in [0.2, 0.25) is 11.0 Å². The Kier molecular flexibility index (Phi) is 6.49. The molecule has 2 N–H and O–H groups in total. The molecule has 23 heavy (non-hydrogen) atoms. The molecule has 0 aliphatic rings. The highest BCUT2D eigenvalue weighted by Crippen LogP contribution is 2.16. The minimum Gasteiger partial charge on any atom is -0.352 e. The minimum atomic E-state index is -0.633. The molecule has 9 heteroatoms. The van der Waals surface area contributed by atoms with Crippen LogP contribution in [0, 0.1) is 0 Å². The van der Waals surface area contributed by atoms with Crippen molar-refractivity contribution < 1.29 is 9.59 Å². The summed E-state index contributed by atoms with van der Waals surface area (Å²) in [5.41, 5.74) is 0.584. The number of anilines is 1. The topological polar surface area (TPSA) is 84.0 Å². The lowest BCUT2D eigenvalue weighted by atomic mass is 10.2. The molecule has 1 aromatic heterocycles. The highest BCUT2D eigenvalue weighted by molar-refractivity contribution is 9.10. The zero-order valence-electron chi connectivity index (χ0n) is 12.2. The third kappa shape index (κ3) is 5.56. The van der Waals surface area contributed by atoms with Gasteiger partial charge in [0.15, 0.2) is 0 Å². The number of rotatable bonds is 6. The summed E-state index contributed by atoms with van der Waals surface area (Å²) in [7, 11) is 0. The van der Waals surface area contributed by atoms with E-state index in [0.29, 0.717) is 23.7 Å². The number of nitrogens with zero attached hydrogens (tertiary/aromatic N) is 2. The Hall–Kier alpha value is -1.51. The zero-order chi connectivity index (χ0) is 16.8. The van der Waals surface area contributed by atoms with Crippen molar-refractivity contribution in [2.24, 2.45) is 0 Å². The third-order valence-electron chi connectivity index (χ3n) is 2.77. The van der Waals surface area contributed by atoms with Crippen LogP contribution in [-0.2, 0) is 11.2 Å². The molecule has 122 valence electrons. The van der Waals surface area contributed by atoms with Crippen LogP contribution < -0.4 is 10.6 Å². The van der Waals surface area contributed by atoms with Gasteiger partial charge in [0.05, 0.1) is 0 Å².